The van der Waals surface area contributed by atoms with Crippen molar-refractivity contribution in [2.75, 3.05) is 0 Å². The second-order valence-corrected chi connectivity index (χ2v) is 5.25. The van der Waals surface area contributed by atoms with Gasteiger partial charge in [0.25, 0.3) is 0 Å². The van der Waals surface area contributed by atoms with Crippen LogP contribution >= 0.6 is 0 Å². The Kier molecular flexibility index (Phi) is 3.56. The minimum absolute atomic E-state index is 1.04. The lowest BCUT2D eigenvalue weighted by Crippen LogP contribution is -2.03. The summed E-state index contributed by atoms with van der Waals surface area (Å²) >= 11 is 0. The normalized spacial score (nSPS) is 21.4. The van der Waals surface area contributed by atoms with Crippen molar-refractivity contribution in [1.29, 1.82) is 0 Å². The van der Waals surface area contributed by atoms with Crippen LogP contribution in [0.15, 0.2) is 46.0 Å². The summed E-state index contributed by atoms with van der Waals surface area (Å²) in [4.78, 5) is 0. The average molecular weight is 230 g/mol. The van der Waals surface area contributed by atoms with Gasteiger partial charge in [0.05, 0.1) is 0 Å². The summed E-state index contributed by atoms with van der Waals surface area (Å²) in [6.07, 6.45) is 8.75. The van der Waals surface area contributed by atoms with Crippen LogP contribution in [0.5, 0.6) is 0 Å². The van der Waals surface area contributed by atoms with Crippen molar-refractivity contribution in [2.45, 2.75) is 53.4 Å². The fourth-order valence-electron chi connectivity index (χ4n) is 2.22. The van der Waals surface area contributed by atoms with E-state index in [2.05, 4.69) is 39.8 Å². The van der Waals surface area contributed by atoms with Crippen LogP contribution in [0.2, 0.25) is 0 Å². The van der Waals surface area contributed by atoms with Gasteiger partial charge < -0.3 is 4.74 Å². The molecule has 2 aliphatic carbocycles. The highest BCUT2D eigenvalue weighted by molar-refractivity contribution is 5.32. The van der Waals surface area contributed by atoms with Crippen LogP contribution in [0.3, 0.4) is 0 Å². The van der Waals surface area contributed by atoms with Crippen LogP contribution in [-0.4, -0.2) is 0 Å². The predicted octanol–water partition coefficient (Wildman–Crippen LogP) is 5.03. The molecule has 92 valence electrons. The standard InChI is InChI=1S/C16H22O/c1-11-5-7-15(9-13(11)3)17-16-8-6-12(2)14(4)10-16/h9-10H,5-8H2,1-4H3. The molecule has 0 heterocycles. The van der Waals surface area contributed by atoms with Crippen molar-refractivity contribution in [3.63, 3.8) is 0 Å². The Bertz CT molecular complexity index is 402. The molecule has 0 aromatic rings. The fourth-order valence-corrected chi connectivity index (χ4v) is 2.22. The Morgan fingerprint density at radius 1 is 0.706 bits per heavy atom. The molecule has 1 nitrogen and oxygen atoms in total. The fraction of sp³-hybridized carbons (Fsp3) is 0.500. The lowest BCUT2D eigenvalue weighted by atomic mass is 9.97. The number of rotatable bonds is 2. The zero-order chi connectivity index (χ0) is 12.4. The molecule has 0 spiro atoms. The molecule has 0 bridgehead atoms. The smallest absolute Gasteiger partial charge is 0.104 e. The third-order valence-electron chi connectivity index (χ3n) is 3.86. The summed E-state index contributed by atoms with van der Waals surface area (Å²) in [5.41, 5.74) is 5.71. The van der Waals surface area contributed by atoms with Gasteiger partial charge in [-0.15, -0.1) is 0 Å². The first-order valence-electron chi connectivity index (χ1n) is 6.48. The lowest BCUT2D eigenvalue weighted by molar-refractivity contribution is 0.272. The summed E-state index contributed by atoms with van der Waals surface area (Å²) in [6.45, 7) is 8.75. The first-order valence-corrected chi connectivity index (χ1v) is 6.48. The zero-order valence-corrected chi connectivity index (χ0v) is 11.4. The van der Waals surface area contributed by atoms with Crippen LogP contribution in [0.4, 0.5) is 0 Å². The van der Waals surface area contributed by atoms with Crippen LogP contribution in [-0.2, 0) is 4.74 Å². The SMILES string of the molecule is CC1=C(C)CCC(OC2=CC(C)=C(C)CC2)=C1. The quantitative estimate of drug-likeness (QED) is 0.646. The van der Waals surface area contributed by atoms with Gasteiger partial charge in [0, 0.05) is 12.8 Å². The van der Waals surface area contributed by atoms with E-state index in [0.29, 0.717) is 0 Å². The highest BCUT2D eigenvalue weighted by Crippen LogP contribution is 2.30. The van der Waals surface area contributed by atoms with Gasteiger partial charge in [0.1, 0.15) is 11.5 Å². The van der Waals surface area contributed by atoms with Crippen molar-refractivity contribution in [3.05, 3.63) is 46.0 Å². The molecule has 0 radical (unpaired) electrons. The molecule has 0 atom stereocenters. The van der Waals surface area contributed by atoms with Crippen molar-refractivity contribution >= 4 is 0 Å². The van der Waals surface area contributed by atoms with E-state index < -0.39 is 0 Å². The molecule has 0 amide bonds. The van der Waals surface area contributed by atoms with Gasteiger partial charge in [-0.05, 0) is 63.8 Å². The van der Waals surface area contributed by atoms with E-state index in [1.807, 2.05) is 0 Å². The maximum atomic E-state index is 6.02. The van der Waals surface area contributed by atoms with Crippen molar-refractivity contribution in [3.8, 4) is 0 Å². The van der Waals surface area contributed by atoms with E-state index in [0.717, 1.165) is 37.2 Å². The monoisotopic (exact) mass is 230 g/mol. The molecule has 0 N–H and O–H groups in total. The van der Waals surface area contributed by atoms with Crippen molar-refractivity contribution < 1.29 is 4.74 Å². The molecule has 0 aliphatic heterocycles. The zero-order valence-electron chi connectivity index (χ0n) is 11.4. The van der Waals surface area contributed by atoms with E-state index in [-0.39, 0.29) is 0 Å². The Hall–Kier alpha value is -1.24. The maximum Gasteiger partial charge on any atom is 0.104 e. The van der Waals surface area contributed by atoms with Gasteiger partial charge in [-0.1, -0.05) is 11.1 Å². The highest BCUT2D eigenvalue weighted by atomic mass is 16.5. The Labute approximate surface area is 105 Å². The minimum atomic E-state index is 1.04. The summed E-state index contributed by atoms with van der Waals surface area (Å²) in [5.74, 6) is 2.26. The summed E-state index contributed by atoms with van der Waals surface area (Å²) in [5, 5.41) is 0. The molecule has 0 saturated carbocycles. The second kappa shape index (κ2) is 4.95. The molecule has 2 aliphatic rings. The van der Waals surface area contributed by atoms with Gasteiger partial charge in [0.15, 0.2) is 0 Å². The topological polar surface area (TPSA) is 9.23 Å². The molecule has 0 aromatic heterocycles. The minimum Gasteiger partial charge on any atom is -0.466 e. The largest absolute Gasteiger partial charge is 0.466 e. The number of allylic oxidation sites excluding steroid dienone is 8. The molecule has 0 fully saturated rings. The Morgan fingerprint density at radius 3 is 1.47 bits per heavy atom. The first-order chi connectivity index (χ1) is 8.06. The van der Waals surface area contributed by atoms with Crippen LogP contribution in [0.25, 0.3) is 0 Å². The number of hydrogen-bond donors (Lipinski definition) is 0. The van der Waals surface area contributed by atoms with E-state index >= 15 is 0 Å². The van der Waals surface area contributed by atoms with Gasteiger partial charge in [-0.2, -0.15) is 0 Å². The highest BCUT2D eigenvalue weighted by Gasteiger charge is 2.13. The number of hydrogen-bond acceptors (Lipinski definition) is 1. The van der Waals surface area contributed by atoms with Crippen LogP contribution in [0, 0.1) is 0 Å². The van der Waals surface area contributed by atoms with E-state index in [9.17, 15) is 0 Å². The van der Waals surface area contributed by atoms with Gasteiger partial charge >= 0.3 is 0 Å². The van der Waals surface area contributed by atoms with E-state index in [4.69, 9.17) is 4.74 Å². The summed E-state index contributed by atoms with van der Waals surface area (Å²) < 4.78 is 6.02. The third-order valence-corrected chi connectivity index (χ3v) is 3.86. The molecular formula is C16H22O. The number of ether oxygens (including phenoxy) is 1. The Morgan fingerprint density at radius 2 is 1.12 bits per heavy atom. The molecule has 2 rings (SSSR count). The molecule has 17 heavy (non-hydrogen) atoms. The van der Waals surface area contributed by atoms with E-state index in [1.54, 1.807) is 0 Å². The van der Waals surface area contributed by atoms with Crippen LogP contribution < -0.4 is 0 Å². The summed E-state index contributed by atoms with van der Waals surface area (Å²) in [7, 11) is 0. The van der Waals surface area contributed by atoms with Crippen molar-refractivity contribution in [1.82, 2.24) is 0 Å². The predicted molar refractivity (Wildman–Crippen MR) is 72.5 cm³/mol. The molecule has 1 heteroatoms. The van der Waals surface area contributed by atoms with Gasteiger partial charge in [-0.25, -0.2) is 0 Å². The molecular weight excluding hydrogens is 208 g/mol. The Balaban J connectivity index is 2.09. The average Bonchev–Trinajstić information content (AvgIpc) is 2.29. The lowest BCUT2D eigenvalue weighted by Gasteiger charge is -2.21. The molecule has 0 aromatic carbocycles. The maximum absolute atomic E-state index is 6.02. The van der Waals surface area contributed by atoms with Crippen molar-refractivity contribution in [2.24, 2.45) is 0 Å². The van der Waals surface area contributed by atoms with Gasteiger partial charge in [0.2, 0.25) is 0 Å². The second-order valence-electron chi connectivity index (χ2n) is 5.25. The third kappa shape index (κ3) is 2.91. The van der Waals surface area contributed by atoms with Gasteiger partial charge in [-0.3, -0.25) is 0 Å². The molecule has 0 unspecified atom stereocenters. The molecule has 0 saturated heterocycles. The summed E-state index contributed by atoms with van der Waals surface area (Å²) in [6, 6.07) is 0. The van der Waals surface area contributed by atoms with Crippen LogP contribution in [0.1, 0.15) is 53.4 Å². The first kappa shape index (κ1) is 12.2. The van der Waals surface area contributed by atoms with E-state index in [1.165, 1.54) is 22.3 Å².